The average Bonchev–Trinajstić information content (AvgIpc) is 3.14. The number of carbonyl (C=O) groups excluding carboxylic acids is 1. The van der Waals surface area contributed by atoms with E-state index in [1.807, 2.05) is 47.5 Å². The Balaban J connectivity index is 1.45. The Bertz CT molecular complexity index is 1000. The van der Waals surface area contributed by atoms with Crippen molar-refractivity contribution in [2.45, 2.75) is 12.8 Å². The molecule has 0 bridgehead atoms. The highest BCUT2D eigenvalue weighted by Gasteiger charge is 2.20. The highest BCUT2D eigenvalue weighted by atomic mass is 35.5. The van der Waals surface area contributed by atoms with Gasteiger partial charge in [0, 0.05) is 30.2 Å². The van der Waals surface area contributed by atoms with Crippen LogP contribution in [0.5, 0.6) is 5.75 Å². The fourth-order valence-electron chi connectivity index (χ4n) is 3.55. The van der Waals surface area contributed by atoms with Crippen molar-refractivity contribution in [1.82, 2.24) is 9.88 Å². The van der Waals surface area contributed by atoms with Crippen molar-refractivity contribution in [1.29, 1.82) is 0 Å². The van der Waals surface area contributed by atoms with Crippen LogP contribution in [-0.2, 0) is 11.2 Å². The van der Waals surface area contributed by atoms with Gasteiger partial charge < -0.3 is 14.6 Å². The smallest absolute Gasteiger partial charge is 0.227 e. The third-order valence-electron chi connectivity index (χ3n) is 5.09. The third-order valence-corrected chi connectivity index (χ3v) is 5.40. The first kappa shape index (κ1) is 17.7. The van der Waals surface area contributed by atoms with Crippen molar-refractivity contribution in [3.8, 4) is 5.75 Å². The highest BCUT2D eigenvalue weighted by Crippen LogP contribution is 2.32. The molecule has 0 atom stereocenters. The summed E-state index contributed by atoms with van der Waals surface area (Å²) in [6.07, 6.45) is 5.42. The van der Waals surface area contributed by atoms with Crippen LogP contribution in [0.15, 0.2) is 54.7 Å². The first-order chi connectivity index (χ1) is 13.2. The van der Waals surface area contributed by atoms with E-state index in [1.165, 1.54) is 11.1 Å². The van der Waals surface area contributed by atoms with Crippen molar-refractivity contribution in [3.63, 3.8) is 0 Å². The molecular weight excluding hydrogens is 360 g/mol. The number of nitrogens with zero attached hydrogens (tertiary/aromatic N) is 1. The fourth-order valence-corrected chi connectivity index (χ4v) is 3.78. The number of carbonyl (C=O) groups is 1. The van der Waals surface area contributed by atoms with Crippen LogP contribution in [0, 0.1) is 0 Å². The Morgan fingerprint density at radius 3 is 2.74 bits per heavy atom. The maximum atomic E-state index is 12.6. The van der Waals surface area contributed by atoms with Crippen molar-refractivity contribution >= 4 is 34.0 Å². The maximum Gasteiger partial charge on any atom is 0.227 e. The molecule has 4 nitrogen and oxygen atoms in total. The Morgan fingerprint density at radius 2 is 2.04 bits per heavy atom. The zero-order valence-corrected chi connectivity index (χ0v) is 15.9. The van der Waals surface area contributed by atoms with E-state index in [1.54, 1.807) is 7.11 Å². The number of methoxy groups -OCH3 is 1. The first-order valence-electron chi connectivity index (χ1n) is 9.01. The van der Waals surface area contributed by atoms with Crippen LogP contribution in [0.3, 0.4) is 0 Å². The van der Waals surface area contributed by atoms with Crippen LogP contribution in [0.2, 0.25) is 5.02 Å². The van der Waals surface area contributed by atoms with Crippen molar-refractivity contribution < 1.29 is 9.53 Å². The Morgan fingerprint density at radius 1 is 1.22 bits per heavy atom. The number of fused-ring (bicyclic) bond motifs is 1. The van der Waals surface area contributed by atoms with Gasteiger partial charge in [-0.1, -0.05) is 41.9 Å². The van der Waals surface area contributed by atoms with Gasteiger partial charge >= 0.3 is 0 Å². The van der Waals surface area contributed by atoms with Gasteiger partial charge in [-0.05, 0) is 35.8 Å². The number of hydrogen-bond donors (Lipinski definition) is 1. The molecular formula is C22H21ClN2O2. The zero-order chi connectivity index (χ0) is 18.8. The second-order valence-corrected chi connectivity index (χ2v) is 7.12. The summed E-state index contributed by atoms with van der Waals surface area (Å²) in [6, 6.07) is 13.6. The molecule has 0 saturated heterocycles. The number of aromatic amines is 1. The standard InChI is InChI=1S/C22H21ClN2O2/c1-27-17-7-5-15(6-8-17)13-21(26)25-11-9-16(10-12-25)19-14-24-22-18(19)3-2-4-20(22)23/h2-9,14,24H,10-13H2,1H3. The molecule has 2 aromatic carbocycles. The van der Waals surface area contributed by atoms with Crippen molar-refractivity contribution in [3.05, 3.63) is 70.9 Å². The van der Waals surface area contributed by atoms with Gasteiger partial charge in [0.25, 0.3) is 0 Å². The Hall–Kier alpha value is -2.72. The molecule has 3 aromatic rings. The minimum atomic E-state index is 0.150. The highest BCUT2D eigenvalue weighted by molar-refractivity contribution is 6.35. The number of ether oxygens (including phenoxy) is 1. The van der Waals surface area contributed by atoms with E-state index in [9.17, 15) is 4.79 Å². The van der Waals surface area contributed by atoms with E-state index in [0.29, 0.717) is 13.0 Å². The molecule has 0 aliphatic carbocycles. The molecule has 2 heterocycles. The van der Waals surface area contributed by atoms with Crippen LogP contribution < -0.4 is 4.74 Å². The summed E-state index contributed by atoms with van der Waals surface area (Å²) in [7, 11) is 1.64. The van der Waals surface area contributed by atoms with E-state index in [4.69, 9.17) is 16.3 Å². The molecule has 1 aromatic heterocycles. The van der Waals surface area contributed by atoms with E-state index in [0.717, 1.165) is 40.2 Å². The second kappa shape index (κ2) is 7.49. The Labute approximate surface area is 163 Å². The number of hydrogen-bond acceptors (Lipinski definition) is 2. The molecule has 0 fully saturated rings. The summed E-state index contributed by atoms with van der Waals surface area (Å²) < 4.78 is 5.16. The maximum absolute atomic E-state index is 12.6. The Kier molecular flexibility index (Phi) is 4.90. The number of rotatable bonds is 4. The SMILES string of the molecule is COc1ccc(CC(=O)N2CC=C(c3c[nH]c4c(Cl)cccc34)CC2)cc1. The molecule has 0 radical (unpaired) electrons. The lowest BCUT2D eigenvalue weighted by Crippen LogP contribution is -2.35. The molecule has 1 aliphatic rings. The summed E-state index contributed by atoms with van der Waals surface area (Å²) >= 11 is 6.26. The predicted molar refractivity (Wildman–Crippen MR) is 109 cm³/mol. The van der Waals surface area contributed by atoms with Crippen molar-refractivity contribution in [2.24, 2.45) is 0 Å². The molecule has 138 valence electrons. The molecule has 5 heteroatoms. The normalized spacial score (nSPS) is 14.3. The molecule has 0 unspecified atom stereocenters. The second-order valence-electron chi connectivity index (χ2n) is 6.71. The largest absolute Gasteiger partial charge is 0.497 e. The number of H-pyrrole nitrogens is 1. The molecule has 0 saturated carbocycles. The van der Waals surface area contributed by atoms with Gasteiger partial charge in [-0.3, -0.25) is 4.79 Å². The predicted octanol–water partition coefficient (Wildman–Crippen LogP) is 4.69. The fraction of sp³-hybridized carbons (Fsp3) is 0.227. The lowest BCUT2D eigenvalue weighted by atomic mass is 9.98. The summed E-state index contributed by atoms with van der Waals surface area (Å²) in [5.41, 5.74) is 4.40. The number of halogens is 1. The minimum Gasteiger partial charge on any atom is -0.497 e. The van der Waals surface area contributed by atoms with Crippen molar-refractivity contribution in [2.75, 3.05) is 20.2 Å². The minimum absolute atomic E-state index is 0.150. The number of benzene rings is 2. The topological polar surface area (TPSA) is 45.3 Å². The van der Waals surface area contributed by atoms with Gasteiger partial charge in [0.05, 0.1) is 24.1 Å². The molecule has 4 rings (SSSR count). The number of amides is 1. The quantitative estimate of drug-likeness (QED) is 0.713. The number of aromatic nitrogens is 1. The third kappa shape index (κ3) is 3.58. The molecule has 27 heavy (non-hydrogen) atoms. The summed E-state index contributed by atoms with van der Waals surface area (Å²) in [5, 5.41) is 1.86. The van der Waals surface area contributed by atoms with Gasteiger partial charge in [0.15, 0.2) is 0 Å². The van der Waals surface area contributed by atoms with Gasteiger partial charge in [-0.25, -0.2) is 0 Å². The van der Waals surface area contributed by atoms with E-state index < -0.39 is 0 Å². The van der Waals surface area contributed by atoms with E-state index in [2.05, 4.69) is 17.1 Å². The lowest BCUT2D eigenvalue weighted by Gasteiger charge is -2.26. The van der Waals surface area contributed by atoms with Gasteiger partial charge in [-0.15, -0.1) is 0 Å². The van der Waals surface area contributed by atoms with Crippen LogP contribution in [0.4, 0.5) is 0 Å². The average molecular weight is 381 g/mol. The van der Waals surface area contributed by atoms with Crippen LogP contribution in [-0.4, -0.2) is 36.0 Å². The zero-order valence-electron chi connectivity index (χ0n) is 15.2. The van der Waals surface area contributed by atoms with Crippen LogP contribution in [0.1, 0.15) is 17.5 Å². The monoisotopic (exact) mass is 380 g/mol. The van der Waals surface area contributed by atoms with E-state index >= 15 is 0 Å². The first-order valence-corrected chi connectivity index (χ1v) is 9.39. The molecule has 1 aliphatic heterocycles. The number of para-hydroxylation sites is 1. The van der Waals surface area contributed by atoms with E-state index in [-0.39, 0.29) is 5.91 Å². The lowest BCUT2D eigenvalue weighted by molar-refractivity contribution is -0.130. The molecule has 1 amide bonds. The van der Waals surface area contributed by atoms with Crippen LogP contribution in [0.25, 0.3) is 16.5 Å². The number of nitrogens with one attached hydrogen (secondary N) is 1. The summed E-state index contributed by atoms with van der Waals surface area (Å²) in [5.74, 6) is 0.952. The summed E-state index contributed by atoms with van der Waals surface area (Å²) in [6.45, 7) is 1.37. The van der Waals surface area contributed by atoms with Gasteiger partial charge in [-0.2, -0.15) is 0 Å². The van der Waals surface area contributed by atoms with Gasteiger partial charge in [0.1, 0.15) is 5.75 Å². The van der Waals surface area contributed by atoms with Crippen LogP contribution >= 0.6 is 11.6 Å². The molecule has 0 spiro atoms. The summed E-state index contributed by atoms with van der Waals surface area (Å²) in [4.78, 5) is 17.8. The van der Waals surface area contributed by atoms with Gasteiger partial charge in [0.2, 0.25) is 5.91 Å². The molecule has 1 N–H and O–H groups in total.